The number of ether oxygens (including phenoxy) is 1. The van der Waals surface area contributed by atoms with Crippen LogP contribution >= 0.6 is 11.8 Å². The molecule has 0 saturated carbocycles. The molecule has 2 atom stereocenters. The second kappa shape index (κ2) is 8.34. The molecule has 0 unspecified atom stereocenters. The highest BCUT2D eigenvalue weighted by Gasteiger charge is 2.53. The Morgan fingerprint density at radius 1 is 1.16 bits per heavy atom. The van der Waals surface area contributed by atoms with Crippen LogP contribution in [0.3, 0.4) is 0 Å². The van der Waals surface area contributed by atoms with E-state index < -0.39 is 11.1 Å². The molecule has 0 radical (unpaired) electrons. The first-order chi connectivity index (χ1) is 14.8. The number of amidine groups is 1. The Hall–Kier alpha value is -2.87. The number of aromatic nitrogens is 1. The number of pyridine rings is 1. The van der Waals surface area contributed by atoms with Crippen molar-refractivity contribution < 1.29 is 14.3 Å². The largest absolute Gasteiger partial charge is 0.444 e. The molecule has 1 N–H and O–H groups in total. The van der Waals surface area contributed by atoms with Crippen molar-refractivity contribution in [3.05, 3.63) is 66.0 Å². The third kappa shape index (κ3) is 4.58. The summed E-state index contributed by atoms with van der Waals surface area (Å²) in [6.45, 7) is 6.45. The lowest BCUT2D eigenvalue weighted by Gasteiger charge is -2.34. The van der Waals surface area contributed by atoms with Crippen molar-refractivity contribution in [2.75, 3.05) is 18.8 Å². The summed E-state index contributed by atoms with van der Waals surface area (Å²) >= 11 is 1.49. The van der Waals surface area contributed by atoms with Gasteiger partial charge in [-0.3, -0.25) is 9.78 Å². The van der Waals surface area contributed by atoms with Crippen LogP contribution in [0.1, 0.15) is 36.8 Å². The van der Waals surface area contributed by atoms with Crippen LogP contribution in [0, 0.1) is 5.92 Å². The first kappa shape index (κ1) is 21.4. The van der Waals surface area contributed by atoms with E-state index in [0.717, 1.165) is 5.69 Å². The maximum absolute atomic E-state index is 12.8. The van der Waals surface area contributed by atoms with E-state index >= 15 is 0 Å². The lowest BCUT2D eigenvalue weighted by atomic mass is 9.85. The minimum atomic E-state index is -0.720. The molecule has 1 saturated heterocycles. The number of hydrogen-bond donors (Lipinski definition) is 1. The predicted octanol–water partition coefficient (Wildman–Crippen LogP) is 3.68. The summed E-state index contributed by atoms with van der Waals surface area (Å²) in [6, 6.07) is 14.8. The van der Waals surface area contributed by atoms with Gasteiger partial charge in [0.1, 0.15) is 11.1 Å². The third-order valence-electron chi connectivity index (χ3n) is 5.29. The van der Waals surface area contributed by atoms with Gasteiger partial charge in [0, 0.05) is 30.0 Å². The molecule has 31 heavy (non-hydrogen) atoms. The van der Waals surface area contributed by atoms with Crippen LogP contribution in [-0.2, 0) is 10.3 Å². The summed E-state index contributed by atoms with van der Waals surface area (Å²) in [5.41, 5.74) is 0.0675. The molecule has 7 nitrogen and oxygen atoms in total. The summed E-state index contributed by atoms with van der Waals surface area (Å²) in [5, 5.41) is 3.48. The average Bonchev–Trinajstić information content (AvgIpc) is 3.14. The Balaban J connectivity index is 1.64. The summed E-state index contributed by atoms with van der Waals surface area (Å²) in [6.07, 6.45) is 1.38. The van der Waals surface area contributed by atoms with E-state index in [0.29, 0.717) is 29.6 Å². The number of carbonyl (C=O) groups is 2. The van der Waals surface area contributed by atoms with Gasteiger partial charge in [0.05, 0.1) is 12.2 Å². The third-order valence-corrected chi connectivity index (χ3v) is 6.32. The molecule has 0 spiro atoms. The van der Waals surface area contributed by atoms with Gasteiger partial charge in [-0.1, -0.05) is 36.0 Å². The summed E-state index contributed by atoms with van der Waals surface area (Å²) in [4.78, 5) is 36.7. The molecular formula is C23H26N4O3S. The lowest BCUT2D eigenvalue weighted by molar-refractivity contribution is 0.0282. The van der Waals surface area contributed by atoms with E-state index in [1.165, 1.54) is 11.8 Å². The number of nitrogens with one attached hydrogen (secondary N) is 1. The normalized spacial score (nSPS) is 23.0. The number of rotatable bonds is 2. The molecule has 0 aliphatic carbocycles. The molecule has 8 heteroatoms. The fraction of sp³-hybridized carbons (Fsp3) is 0.391. The SMILES string of the molecule is CC(C)(C)OC(=O)N1C[C@H]2CSC(NC(=O)c3ccccc3)=N[C@@]2(c2ccccn2)C1. The number of fused-ring (bicyclic) bond motifs is 1. The van der Waals surface area contributed by atoms with E-state index in [9.17, 15) is 9.59 Å². The van der Waals surface area contributed by atoms with Crippen molar-refractivity contribution in [2.24, 2.45) is 10.9 Å². The number of hydrogen-bond acceptors (Lipinski definition) is 6. The second-order valence-corrected chi connectivity index (χ2v) is 9.75. The van der Waals surface area contributed by atoms with Crippen LogP contribution in [0.25, 0.3) is 0 Å². The van der Waals surface area contributed by atoms with Gasteiger partial charge in [0.2, 0.25) is 0 Å². The molecule has 1 aromatic heterocycles. The van der Waals surface area contributed by atoms with Crippen LogP contribution in [0.4, 0.5) is 4.79 Å². The zero-order valence-electron chi connectivity index (χ0n) is 17.9. The van der Waals surface area contributed by atoms with Crippen molar-refractivity contribution in [1.29, 1.82) is 0 Å². The van der Waals surface area contributed by atoms with Gasteiger partial charge in [0.15, 0.2) is 5.17 Å². The molecule has 162 valence electrons. The Morgan fingerprint density at radius 2 is 1.90 bits per heavy atom. The molecule has 0 bridgehead atoms. The van der Waals surface area contributed by atoms with E-state index in [4.69, 9.17) is 9.73 Å². The second-order valence-electron chi connectivity index (χ2n) is 8.75. The summed E-state index contributed by atoms with van der Waals surface area (Å²) < 4.78 is 5.60. The maximum atomic E-state index is 12.8. The molecule has 1 fully saturated rings. The standard InChI is InChI=1S/C23H26N4O3S/c1-22(2,3)30-21(29)27-13-17-14-31-20(25-19(28)16-9-5-4-6-10-16)26-23(17,15-27)18-11-7-8-12-24-18/h4-12,17H,13-15H2,1-3H3,(H,25,26,28)/t17-,23-/m0/s1. The Bertz CT molecular complexity index is 991. The van der Waals surface area contributed by atoms with Gasteiger partial charge >= 0.3 is 6.09 Å². The minimum absolute atomic E-state index is 0.0669. The smallest absolute Gasteiger partial charge is 0.410 e. The van der Waals surface area contributed by atoms with Gasteiger partial charge in [-0.15, -0.1) is 0 Å². The van der Waals surface area contributed by atoms with Gasteiger partial charge in [-0.05, 0) is 45.0 Å². The van der Waals surface area contributed by atoms with Crippen molar-refractivity contribution in [3.8, 4) is 0 Å². The van der Waals surface area contributed by atoms with Crippen molar-refractivity contribution in [3.63, 3.8) is 0 Å². The summed E-state index contributed by atoms with van der Waals surface area (Å²) in [5.74, 6) is 0.574. The van der Waals surface area contributed by atoms with Crippen molar-refractivity contribution >= 4 is 28.9 Å². The molecule has 1 aromatic carbocycles. The molecule has 2 aromatic rings. The molecule has 2 aliphatic rings. The van der Waals surface area contributed by atoms with Crippen LogP contribution in [0.2, 0.25) is 0 Å². The highest BCUT2D eigenvalue weighted by molar-refractivity contribution is 8.13. The number of carbonyl (C=O) groups excluding carboxylic acids is 2. The number of likely N-dealkylation sites (tertiary alicyclic amines) is 1. The molecular weight excluding hydrogens is 412 g/mol. The fourth-order valence-corrected chi connectivity index (χ4v) is 5.00. The monoisotopic (exact) mass is 438 g/mol. The topological polar surface area (TPSA) is 83.9 Å². The van der Waals surface area contributed by atoms with Crippen LogP contribution in [0.5, 0.6) is 0 Å². The fourth-order valence-electron chi connectivity index (χ4n) is 3.87. The van der Waals surface area contributed by atoms with E-state index in [1.807, 2.05) is 57.2 Å². The van der Waals surface area contributed by atoms with E-state index in [-0.39, 0.29) is 17.9 Å². The minimum Gasteiger partial charge on any atom is -0.444 e. The number of amides is 2. The quantitative estimate of drug-likeness (QED) is 0.773. The molecule has 4 rings (SSSR count). The lowest BCUT2D eigenvalue weighted by Crippen LogP contribution is -2.43. The van der Waals surface area contributed by atoms with Gasteiger partial charge in [-0.25, -0.2) is 9.79 Å². The number of thioether (sulfide) groups is 1. The van der Waals surface area contributed by atoms with Crippen LogP contribution in [0.15, 0.2) is 59.7 Å². The Labute approximate surface area is 186 Å². The molecule has 2 amide bonds. The van der Waals surface area contributed by atoms with Crippen molar-refractivity contribution in [1.82, 2.24) is 15.2 Å². The zero-order valence-corrected chi connectivity index (χ0v) is 18.7. The first-order valence-corrected chi connectivity index (χ1v) is 11.2. The molecule has 2 aliphatic heterocycles. The average molecular weight is 439 g/mol. The van der Waals surface area contributed by atoms with Gasteiger partial charge < -0.3 is 15.0 Å². The first-order valence-electron chi connectivity index (χ1n) is 10.3. The molecule has 3 heterocycles. The van der Waals surface area contributed by atoms with Crippen LogP contribution < -0.4 is 5.32 Å². The van der Waals surface area contributed by atoms with Crippen molar-refractivity contribution in [2.45, 2.75) is 31.9 Å². The van der Waals surface area contributed by atoms with E-state index in [2.05, 4.69) is 10.3 Å². The Kier molecular flexibility index (Phi) is 5.75. The summed E-state index contributed by atoms with van der Waals surface area (Å²) in [7, 11) is 0. The zero-order chi connectivity index (χ0) is 22.1. The van der Waals surface area contributed by atoms with E-state index in [1.54, 1.807) is 23.2 Å². The predicted molar refractivity (Wildman–Crippen MR) is 121 cm³/mol. The highest BCUT2D eigenvalue weighted by atomic mass is 32.2. The Morgan fingerprint density at radius 3 is 2.58 bits per heavy atom. The van der Waals surface area contributed by atoms with Gasteiger partial charge in [-0.2, -0.15) is 0 Å². The number of aliphatic imine (C=N–C) groups is 1. The highest BCUT2D eigenvalue weighted by Crippen LogP contribution is 2.45. The number of benzene rings is 1. The van der Waals surface area contributed by atoms with Gasteiger partial charge in [0.25, 0.3) is 5.91 Å². The van der Waals surface area contributed by atoms with Crippen LogP contribution in [-0.4, -0.2) is 51.5 Å². The maximum Gasteiger partial charge on any atom is 0.410 e. The number of nitrogens with zero attached hydrogens (tertiary/aromatic N) is 3.